The highest BCUT2D eigenvalue weighted by Gasteiger charge is 2.04. The smallest absolute Gasteiger partial charge is 0.269 e. The van der Waals surface area contributed by atoms with Gasteiger partial charge in [-0.2, -0.15) is 5.10 Å². The summed E-state index contributed by atoms with van der Waals surface area (Å²) >= 11 is 0. The SMILES string of the molecule is O=[N+]([O-])c1ccc(COc2ccc(/C=N\n3cnnc3)cc2)cc1. The third kappa shape index (κ3) is 4.01. The molecule has 0 aliphatic heterocycles. The second-order valence-electron chi connectivity index (χ2n) is 4.87. The molecular formula is C16H13N5O3. The maximum absolute atomic E-state index is 10.6. The van der Waals surface area contributed by atoms with E-state index in [0.717, 1.165) is 11.1 Å². The molecule has 120 valence electrons. The molecule has 0 radical (unpaired) electrons. The molecule has 0 amide bonds. The molecule has 24 heavy (non-hydrogen) atoms. The molecule has 8 heteroatoms. The van der Waals surface area contributed by atoms with Crippen LogP contribution >= 0.6 is 0 Å². The molecule has 0 spiro atoms. The lowest BCUT2D eigenvalue weighted by molar-refractivity contribution is -0.384. The lowest BCUT2D eigenvalue weighted by Crippen LogP contribution is -1.96. The van der Waals surface area contributed by atoms with E-state index in [0.29, 0.717) is 12.4 Å². The predicted molar refractivity (Wildman–Crippen MR) is 86.9 cm³/mol. The lowest BCUT2D eigenvalue weighted by atomic mass is 10.2. The van der Waals surface area contributed by atoms with Crippen molar-refractivity contribution in [2.45, 2.75) is 6.61 Å². The zero-order valence-corrected chi connectivity index (χ0v) is 12.5. The summed E-state index contributed by atoms with van der Waals surface area (Å²) in [6.07, 6.45) is 4.68. The highest BCUT2D eigenvalue weighted by atomic mass is 16.6. The molecule has 0 saturated heterocycles. The van der Waals surface area contributed by atoms with E-state index in [2.05, 4.69) is 15.3 Å². The molecule has 0 bridgehead atoms. The number of nitro groups is 1. The van der Waals surface area contributed by atoms with Crippen LogP contribution in [0.5, 0.6) is 5.75 Å². The van der Waals surface area contributed by atoms with Crippen molar-refractivity contribution in [3.05, 3.63) is 82.4 Å². The van der Waals surface area contributed by atoms with Gasteiger partial charge in [-0.15, -0.1) is 10.2 Å². The first-order valence-electron chi connectivity index (χ1n) is 7.06. The molecule has 3 rings (SSSR count). The Balaban J connectivity index is 1.57. The van der Waals surface area contributed by atoms with Gasteiger partial charge in [-0.1, -0.05) is 0 Å². The molecule has 1 heterocycles. The van der Waals surface area contributed by atoms with Crippen LogP contribution in [0.4, 0.5) is 5.69 Å². The molecule has 0 aliphatic carbocycles. The van der Waals surface area contributed by atoms with Gasteiger partial charge in [0.05, 0.1) is 11.1 Å². The summed E-state index contributed by atoms with van der Waals surface area (Å²) in [6, 6.07) is 13.7. The summed E-state index contributed by atoms with van der Waals surface area (Å²) in [7, 11) is 0. The largest absolute Gasteiger partial charge is 0.489 e. The fraction of sp³-hybridized carbons (Fsp3) is 0.0625. The molecule has 2 aromatic carbocycles. The lowest BCUT2D eigenvalue weighted by Gasteiger charge is -2.06. The second-order valence-corrected chi connectivity index (χ2v) is 4.87. The average molecular weight is 323 g/mol. The Labute approximate surface area is 137 Å². The quantitative estimate of drug-likeness (QED) is 0.395. The fourth-order valence-electron chi connectivity index (χ4n) is 1.92. The number of rotatable bonds is 6. The van der Waals surface area contributed by atoms with Crippen LogP contribution in [0.3, 0.4) is 0 Å². The van der Waals surface area contributed by atoms with Crippen molar-refractivity contribution in [2.24, 2.45) is 5.10 Å². The van der Waals surface area contributed by atoms with Gasteiger partial charge in [-0.3, -0.25) is 10.1 Å². The third-order valence-electron chi connectivity index (χ3n) is 3.18. The van der Waals surface area contributed by atoms with E-state index in [-0.39, 0.29) is 5.69 Å². The monoisotopic (exact) mass is 323 g/mol. The van der Waals surface area contributed by atoms with E-state index in [9.17, 15) is 10.1 Å². The van der Waals surface area contributed by atoms with Gasteiger partial charge in [0.1, 0.15) is 25.0 Å². The number of non-ortho nitro benzene ring substituents is 1. The maximum Gasteiger partial charge on any atom is 0.269 e. The van der Waals surface area contributed by atoms with Gasteiger partial charge < -0.3 is 4.74 Å². The topological polar surface area (TPSA) is 95.4 Å². The van der Waals surface area contributed by atoms with Gasteiger partial charge in [0.2, 0.25) is 0 Å². The zero-order valence-electron chi connectivity index (χ0n) is 12.5. The minimum absolute atomic E-state index is 0.0653. The van der Waals surface area contributed by atoms with Gasteiger partial charge in [-0.05, 0) is 47.5 Å². The summed E-state index contributed by atoms with van der Waals surface area (Å²) in [5.74, 6) is 0.704. The van der Waals surface area contributed by atoms with E-state index in [4.69, 9.17) is 4.74 Å². The first-order valence-corrected chi connectivity index (χ1v) is 7.06. The minimum atomic E-state index is -0.426. The van der Waals surface area contributed by atoms with Crippen LogP contribution < -0.4 is 4.74 Å². The van der Waals surface area contributed by atoms with Crippen LogP contribution in [0, 0.1) is 10.1 Å². The van der Waals surface area contributed by atoms with E-state index in [1.165, 1.54) is 29.5 Å². The molecular weight excluding hydrogens is 310 g/mol. The zero-order chi connectivity index (χ0) is 16.8. The van der Waals surface area contributed by atoms with Crippen molar-refractivity contribution >= 4 is 11.9 Å². The number of nitro benzene ring substituents is 1. The van der Waals surface area contributed by atoms with Crippen molar-refractivity contribution in [1.82, 2.24) is 14.9 Å². The molecule has 0 aliphatic rings. The summed E-state index contributed by atoms with van der Waals surface area (Å²) in [6.45, 7) is 0.339. The van der Waals surface area contributed by atoms with Crippen molar-refractivity contribution in [3.63, 3.8) is 0 Å². The Hall–Kier alpha value is -3.55. The van der Waals surface area contributed by atoms with Crippen molar-refractivity contribution in [2.75, 3.05) is 0 Å². The average Bonchev–Trinajstić information content (AvgIpc) is 3.13. The highest BCUT2D eigenvalue weighted by Crippen LogP contribution is 2.16. The molecule has 0 atom stereocenters. The van der Waals surface area contributed by atoms with Crippen molar-refractivity contribution in [3.8, 4) is 5.75 Å². The molecule has 0 unspecified atom stereocenters. The molecule has 8 nitrogen and oxygen atoms in total. The molecule has 0 N–H and O–H groups in total. The first-order chi connectivity index (χ1) is 11.7. The number of nitrogens with zero attached hydrogens (tertiary/aromatic N) is 5. The number of ether oxygens (including phenoxy) is 1. The Bertz CT molecular complexity index is 827. The first kappa shape index (κ1) is 15.3. The number of aromatic nitrogens is 3. The Kier molecular flexibility index (Phi) is 4.57. The van der Waals surface area contributed by atoms with Crippen LogP contribution in [0.15, 0.2) is 66.3 Å². The molecule has 3 aromatic rings. The Morgan fingerprint density at radius 3 is 2.38 bits per heavy atom. The predicted octanol–water partition coefficient (Wildman–Crippen LogP) is 2.65. The van der Waals surface area contributed by atoms with E-state index in [1.54, 1.807) is 18.3 Å². The van der Waals surface area contributed by atoms with Gasteiger partial charge in [0, 0.05) is 12.1 Å². The molecule has 0 saturated carbocycles. The third-order valence-corrected chi connectivity index (χ3v) is 3.18. The minimum Gasteiger partial charge on any atom is -0.489 e. The van der Waals surface area contributed by atoms with Crippen LogP contribution in [0.25, 0.3) is 0 Å². The van der Waals surface area contributed by atoms with Crippen molar-refractivity contribution < 1.29 is 9.66 Å². The van der Waals surface area contributed by atoms with Gasteiger partial charge >= 0.3 is 0 Å². The van der Waals surface area contributed by atoms with Crippen LogP contribution in [-0.2, 0) is 6.61 Å². The fourth-order valence-corrected chi connectivity index (χ4v) is 1.92. The van der Waals surface area contributed by atoms with Crippen LogP contribution in [0.1, 0.15) is 11.1 Å². The second kappa shape index (κ2) is 7.14. The standard InChI is InChI=1S/C16H13N5O3/c22-21(23)15-5-1-14(2-6-15)10-24-16-7-3-13(4-8-16)9-19-20-11-17-18-12-20/h1-9,11-12H,10H2/b19-9-. The summed E-state index contributed by atoms with van der Waals surface area (Å²) in [5, 5.41) is 22.1. The van der Waals surface area contributed by atoms with Crippen LogP contribution in [0.2, 0.25) is 0 Å². The highest BCUT2D eigenvalue weighted by molar-refractivity contribution is 5.79. The number of hydrogen-bond donors (Lipinski definition) is 0. The van der Waals surface area contributed by atoms with E-state index in [1.807, 2.05) is 24.3 Å². The van der Waals surface area contributed by atoms with Gasteiger partial charge in [-0.25, -0.2) is 4.68 Å². The molecule has 1 aromatic heterocycles. The molecule has 0 fully saturated rings. The van der Waals surface area contributed by atoms with Gasteiger partial charge in [0.15, 0.2) is 0 Å². The van der Waals surface area contributed by atoms with E-state index < -0.39 is 4.92 Å². The Morgan fingerprint density at radius 2 is 1.75 bits per heavy atom. The number of benzene rings is 2. The summed E-state index contributed by atoms with van der Waals surface area (Å²) in [5.41, 5.74) is 1.83. The number of hydrogen-bond acceptors (Lipinski definition) is 6. The normalized spacial score (nSPS) is 10.8. The summed E-state index contributed by atoms with van der Waals surface area (Å²) in [4.78, 5) is 10.2. The van der Waals surface area contributed by atoms with E-state index >= 15 is 0 Å². The van der Waals surface area contributed by atoms with Crippen LogP contribution in [-0.4, -0.2) is 26.0 Å². The summed E-state index contributed by atoms with van der Waals surface area (Å²) < 4.78 is 7.16. The van der Waals surface area contributed by atoms with Gasteiger partial charge in [0.25, 0.3) is 5.69 Å². The van der Waals surface area contributed by atoms with Crippen molar-refractivity contribution in [1.29, 1.82) is 0 Å². The maximum atomic E-state index is 10.6. The Morgan fingerprint density at radius 1 is 1.08 bits per heavy atom.